The van der Waals surface area contributed by atoms with Gasteiger partial charge in [-0.15, -0.1) is 11.3 Å². The first-order valence-electron chi connectivity index (χ1n) is 9.03. The summed E-state index contributed by atoms with van der Waals surface area (Å²) >= 11 is 5.23. The van der Waals surface area contributed by atoms with Crippen molar-refractivity contribution in [1.82, 2.24) is 9.97 Å². The topological polar surface area (TPSA) is 61.3 Å². The highest BCUT2D eigenvalue weighted by Gasteiger charge is 2.22. The number of hydrogen-bond donors (Lipinski definition) is 0. The first-order valence-corrected chi connectivity index (χ1v) is 10.6. The summed E-state index contributed by atoms with van der Waals surface area (Å²) < 4.78 is 11.9. The van der Waals surface area contributed by atoms with Crippen molar-refractivity contribution in [2.75, 3.05) is 7.11 Å². The Morgan fingerprint density at radius 1 is 1.21 bits per heavy atom. The minimum Gasteiger partial charge on any atom is -0.469 e. The van der Waals surface area contributed by atoms with Crippen LogP contribution in [0.25, 0.3) is 10.7 Å². The third kappa shape index (κ3) is 3.95. The van der Waals surface area contributed by atoms with Gasteiger partial charge < -0.3 is 9.47 Å². The quantitative estimate of drug-likeness (QED) is 0.487. The van der Waals surface area contributed by atoms with Crippen molar-refractivity contribution in [2.24, 2.45) is 0 Å². The number of benzene rings is 1. The molecule has 0 saturated carbocycles. The van der Waals surface area contributed by atoms with Crippen LogP contribution in [0.4, 0.5) is 0 Å². The van der Waals surface area contributed by atoms with Gasteiger partial charge in [0, 0.05) is 14.9 Å². The lowest BCUT2D eigenvalue weighted by molar-refractivity contribution is -0.139. The number of hydrogen-bond acceptors (Lipinski definition) is 6. The van der Waals surface area contributed by atoms with Crippen LogP contribution in [-0.2, 0) is 28.8 Å². The van der Waals surface area contributed by atoms with Crippen LogP contribution in [0, 0.1) is 6.92 Å². The van der Waals surface area contributed by atoms with E-state index in [4.69, 9.17) is 19.4 Å². The van der Waals surface area contributed by atoms with Crippen LogP contribution in [0.1, 0.15) is 28.1 Å². The summed E-state index contributed by atoms with van der Waals surface area (Å²) in [6.45, 7) is 2.07. The molecule has 0 spiro atoms. The van der Waals surface area contributed by atoms with E-state index in [1.807, 2.05) is 24.3 Å². The first-order chi connectivity index (χ1) is 13.5. The average molecular weight is 459 g/mol. The number of carbonyl (C=O) groups excluding carboxylic acids is 1. The number of fused-ring (bicyclic) bond motifs is 1. The van der Waals surface area contributed by atoms with Gasteiger partial charge in [-0.3, -0.25) is 4.79 Å². The van der Waals surface area contributed by atoms with Crippen molar-refractivity contribution in [3.63, 3.8) is 0 Å². The molecule has 0 N–H and O–H groups in total. The van der Waals surface area contributed by atoms with Gasteiger partial charge in [0.1, 0.15) is 5.75 Å². The van der Waals surface area contributed by atoms with E-state index in [0.29, 0.717) is 17.5 Å². The van der Waals surface area contributed by atoms with Gasteiger partial charge in [0.15, 0.2) is 5.82 Å². The maximum atomic E-state index is 11.4. The normalized spacial score (nSPS) is 12.7. The Bertz CT molecular complexity index is 1010. The maximum Gasteiger partial charge on any atom is 0.309 e. The molecule has 28 heavy (non-hydrogen) atoms. The molecule has 7 heteroatoms. The SMILES string of the molecule is COC(=O)Cc1ccc(Oc2nc(-c3cc(Br)c(C)s3)nc3c2CCC3)cc1. The number of esters is 1. The predicted molar refractivity (Wildman–Crippen MR) is 112 cm³/mol. The molecule has 0 atom stereocenters. The Hall–Kier alpha value is -2.25. The van der Waals surface area contributed by atoms with Crippen LogP contribution >= 0.6 is 27.3 Å². The molecule has 1 aliphatic carbocycles. The van der Waals surface area contributed by atoms with Gasteiger partial charge in [0.05, 0.1) is 24.1 Å². The summed E-state index contributed by atoms with van der Waals surface area (Å²) in [5, 5.41) is 0. The van der Waals surface area contributed by atoms with Crippen LogP contribution < -0.4 is 4.74 Å². The van der Waals surface area contributed by atoms with Gasteiger partial charge in [0.25, 0.3) is 0 Å². The molecule has 5 nitrogen and oxygen atoms in total. The van der Waals surface area contributed by atoms with Gasteiger partial charge in [-0.2, -0.15) is 4.98 Å². The van der Waals surface area contributed by atoms with Gasteiger partial charge in [-0.1, -0.05) is 12.1 Å². The Kier molecular flexibility index (Phi) is 5.46. The number of rotatable bonds is 5. The smallest absolute Gasteiger partial charge is 0.309 e. The van der Waals surface area contributed by atoms with Crippen LogP contribution in [0.3, 0.4) is 0 Å². The number of halogens is 1. The molecule has 0 amide bonds. The summed E-state index contributed by atoms with van der Waals surface area (Å²) in [6, 6.07) is 9.51. The zero-order valence-electron chi connectivity index (χ0n) is 15.6. The Morgan fingerprint density at radius 2 is 2.00 bits per heavy atom. The van der Waals surface area contributed by atoms with Crippen molar-refractivity contribution in [3.8, 4) is 22.3 Å². The van der Waals surface area contributed by atoms with Crippen molar-refractivity contribution < 1.29 is 14.3 Å². The summed E-state index contributed by atoms with van der Waals surface area (Å²) in [5.74, 6) is 1.76. The molecule has 2 heterocycles. The van der Waals surface area contributed by atoms with E-state index in [9.17, 15) is 4.79 Å². The van der Waals surface area contributed by atoms with Crippen molar-refractivity contribution in [2.45, 2.75) is 32.6 Å². The molecule has 144 valence electrons. The highest BCUT2D eigenvalue weighted by Crippen LogP contribution is 2.37. The second-order valence-corrected chi connectivity index (χ2v) is 8.76. The summed E-state index contributed by atoms with van der Waals surface area (Å²) in [6.07, 6.45) is 3.19. The zero-order valence-corrected chi connectivity index (χ0v) is 18.0. The number of aromatic nitrogens is 2. The molecule has 2 aromatic heterocycles. The van der Waals surface area contributed by atoms with Gasteiger partial charge >= 0.3 is 5.97 Å². The number of thiophene rings is 1. The number of nitrogens with zero attached hydrogens (tertiary/aromatic N) is 2. The predicted octanol–water partition coefficient (Wildman–Crippen LogP) is 5.27. The molecule has 3 aromatic rings. The Balaban J connectivity index is 1.63. The van der Waals surface area contributed by atoms with Gasteiger partial charge in [-0.05, 0) is 65.9 Å². The lowest BCUT2D eigenvalue weighted by Crippen LogP contribution is -2.04. The third-order valence-corrected chi connectivity index (χ3v) is 6.82. The molecule has 0 saturated heterocycles. The van der Waals surface area contributed by atoms with Crippen LogP contribution in [-0.4, -0.2) is 23.0 Å². The second-order valence-electron chi connectivity index (χ2n) is 6.64. The fraction of sp³-hybridized carbons (Fsp3) is 0.286. The molecule has 0 radical (unpaired) electrons. The van der Waals surface area contributed by atoms with Crippen LogP contribution in [0.5, 0.6) is 11.6 Å². The molecule has 0 bridgehead atoms. The number of aryl methyl sites for hydroxylation is 2. The zero-order chi connectivity index (χ0) is 19.7. The molecule has 0 unspecified atom stereocenters. The van der Waals surface area contributed by atoms with E-state index < -0.39 is 0 Å². The Morgan fingerprint density at radius 3 is 2.68 bits per heavy atom. The van der Waals surface area contributed by atoms with E-state index >= 15 is 0 Å². The average Bonchev–Trinajstić information content (AvgIpc) is 3.30. The molecule has 1 aliphatic rings. The lowest BCUT2D eigenvalue weighted by Gasteiger charge is -2.11. The summed E-state index contributed by atoms with van der Waals surface area (Å²) in [4.78, 5) is 23.1. The third-order valence-electron chi connectivity index (χ3n) is 4.69. The van der Waals surface area contributed by atoms with Crippen molar-refractivity contribution >= 4 is 33.2 Å². The van der Waals surface area contributed by atoms with E-state index in [1.54, 1.807) is 11.3 Å². The van der Waals surface area contributed by atoms with Gasteiger partial charge in [-0.25, -0.2) is 4.98 Å². The highest BCUT2D eigenvalue weighted by atomic mass is 79.9. The molecular formula is C21H19BrN2O3S. The molecule has 4 rings (SSSR count). The van der Waals surface area contributed by atoms with E-state index in [1.165, 1.54) is 12.0 Å². The summed E-state index contributed by atoms with van der Waals surface area (Å²) in [7, 11) is 1.39. The van der Waals surface area contributed by atoms with E-state index in [0.717, 1.165) is 45.4 Å². The minimum atomic E-state index is -0.260. The molecule has 0 aliphatic heterocycles. The number of carbonyl (C=O) groups is 1. The van der Waals surface area contributed by atoms with Crippen molar-refractivity contribution in [3.05, 3.63) is 56.5 Å². The monoisotopic (exact) mass is 458 g/mol. The molecule has 0 fully saturated rings. The van der Waals surface area contributed by atoms with E-state index in [2.05, 4.69) is 28.9 Å². The molecular weight excluding hydrogens is 440 g/mol. The standard InChI is InChI=1S/C21H19BrN2O3S/c1-12-16(22)11-18(28-12)20-23-17-5-3-4-15(17)21(24-20)27-14-8-6-13(7-9-14)10-19(25)26-2/h6-9,11H,3-5,10H2,1-2H3. The lowest BCUT2D eigenvalue weighted by atomic mass is 10.1. The van der Waals surface area contributed by atoms with Crippen LogP contribution in [0.15, 0.2) is 34.8 Å². The molecule has 1 aromatic carbocycles. The fourth-order valence-corrected chi connectivity index (χ4v) is 4.66. The van der Waals surface area contributed by atoms with Crippen LogP contribution in [0.2, 0.25) is 0 Å². The van der Waals surface area contributed by atoms with Gasteiger partial charge in [0.2, 0.25) is 5.88 Å². The largest absolute Gasteiger partial charge is 0.469 e. The number of methoxy groups -OCH3 is 1. The highest BCUT2D eigenvalue weighted by molar-refractivity contribution is 9.10. The summed E-state index contributed by atoms with van der Waals surface area (Å²) in [5.41, 5.74) is 3.05. The minimum absolute atomic E-state index is 0.246. The second kappa shape index (κ2) is 8.01. The number of ether oxygens (including phenoxy) is 2. The maximum absolute atomic E-state index is 11.4. The Labute approximate surface area is 175 Å². The van der Waals surface area contributed by atoms with E-state index in [-0.39, 0.29) is 12.4 Å². The fourth-order valence-electron chi connectivity index (χ4n) is 3.19. The van der Waals surface area contributed by atoms with Crippen molar-refractivity contribution in [1.29, 1.82) is 0 Å². The first kappa shape index (κ1) is 19.1.